The van der Waals surface area contributed by atoms with E-state index in [2.05, 4.69) is 31.1 Å². The zero-order chi connectivity index (χ0) is 12.3. The molecular formula is C13H24N2OS. The Hall–Kier alpha value is -0.220. The standard InChI is InChI=1S/C13H24N2OS/c1-9(2)6-12-8-14-13(17-12)15-11-4-5-16-10(3)7-11/h9-12H,4-8H2,1-3H3,(H,14,15). The fourth-order valence-corrected chi connectivity index (χ4v) is 3.78. The summed E-state index contributed by atoms with van der Waals surface area (Å²) in [6.07, 6.45) is 3.87. The van der Waals surface area contributed by atoms with Crippen LogP contribution < -0.4 is 5.32 Å². The van der Waals surface area contributed by atoms with Gasteiger partial charge in [0.1, 0.15) is 0 Å². The molecule has 3 nitrogen and oxygen atoms in total. The van der Waals surface area contributed by atoms with E-state index in [0.717, 1.165) is 37.1 Å². The van der Waals surface area contributed by atoms with Gasteiger partial charge in [0.05, 0.1) is 12.6 Å². The largest absolute Gasteiger partial charge is 0.378 e. The summed E-state index contributed by atoms with van der Waals surface area (Å²) in [6.45, 7) is 8.59. The molecule has 2 aliphatic rings. The minimum Gasteiger partial charge on any atom is -0.378 e. The van der Waals surface area contributed by atoms with Gasteiger partial charge in [0.25, 0.3) is 0 Å². The van der Waals surface area contributed by atoms with E-state index in [4.69, 9.17) is 4.74 Å². The lowest BCUT2D eigenvalue weighted by atomic mass is 10.1. The van der Waals surface area contributed by atoms with Crippen molar-refractivity contribution in [3.8, 4) is 0 Å². The Morgan fingerprint density at radius 1 is 1.53 bits per heavy atom. The molecule has 0 aromatic rings. The van der Waals surface area contributed by atoms with Crippen LogP contribution in [0.25, 0.3) is 0 Å². The summed E-state index contributed by atoms with van der Waals surface area (Å²) in [5, 5.41) is 5.44. The Bertz CT molecular complexity index is 281. The van der Waals surface area contributed by atoms with Gasteiger partial charge in [0, 0.05) is 17.9 Å². The van der Waals surface area contributed by atoms with Crippen LogP contribution in [0.2, 0.25) is 0 Å². The summed E-state index contributed by atoms with van der Waals surface area (Å²) in [4.78, 5) is 4.62. The predicted molar refractivity (Wildman–Crippen MR) is 74.7 cm³/mol. The first-order valence-corrected chi connectivity index (χ1v) is 7.60. The summed E-state index contributed by atoms with van der Waals surface area (Å²) in [5.41, 5.74) is 0. The zero-order valence-electron chi connectivity index (χ0n) is 11.1. The molecule has 0 amide bonds. The lowest BCUT2D eigenvalue weighted by Crippen LogP contribution is -2.40. The van der Waals surface area contributed by atoms with Crippen LogP contribution in [0.3, 0.4) is 0 Å². The van der Waals surface area contributed by atoms with E-state index in [1.807, 2.05) is 11.8 Å². The molecule has 0 aromatic heterocycles. The highest BCUT2D eigenvalue weighted by Gasteiger charge is 2.25. The summed E-state index contributed by atoms with van der Waals surface area (Å²) in [6, 6.07) is 0.558. The van der Waals surface area contributed by atoms with Gasteiger partial charge in [-0.05, 0) is 32.1 Å². The smallest absolute Gasteiger partial charge is 0.157 e. The van der Waals surface area contributed by atoms with E-state index < -0.39 is 0 Å². The lowest BCUT2D eigenvalue weighted by Gasteiger charge is -2.28. The third-order valence-electron chi connectivity index (χ3n) is 3.26. The van der Waals surface area contributed by atoms with E-state index in [-0.39, 0.29) is 0 Å². The molecule has 0 spiro atoms. The van der Waals surface area contributed by atoms with Crippen LogP contribution in [0, 0.1) is 5.92 Å². The number of amidine groups is 1. The highest BCUT2D eigenvalue weighted by atomic mass is 32.2. The summed E-state index contributed by atoms with van der Waals surface area (Å²) >= 11 is 1.93. The van der Waals surface area contributed by atoms with Crippen LogP contribution in [-0.2, 0) is 4.74 Å². The predicted octanol–water partition coefficient (Wildman–Crippen LogP) is 2.66. The third-order valence-corrected chi connectivity index (χ3v) is 4.41. The minimum absolute atomic E-state index is 0.389. The molecule has 1 fully saturated rings. The number of rotatable bonds is 3. The Balaban J connectivity index is 1.73. The van der Waals surface area contributed by atoms with Gasteiger partial charge in [-0.15, -0.1) is 0 Å². The Morgan fingerprint density at radius 3 is 3.06 bits per heavy atom. The summed E-state index contributed by atoms with van der Waals surface area (Å²) in [5.74, 6) is 0.769. The molecular weight excluding hydrogens is 232 g/mol. The number of thioether (sulfide) groups is 1. The van der Waals surface area contributed by atoms with Crippen molar-refractivity contribution in [2.75, 3.05) is 13.2 Å². The van der Waals surface area contributed by atoms with Crippen LogP contribution >= 0.6 is 11.8 Å². The topological polar surface area (TPSA) is 33.6 Å². The molecule has 0 saturated carbocycles. The molecule has 2 aliphatic heterocycles. The molecule has 1 N–H and O–H groups in total. The molecule has 0 radical (unpaired) electrons. The van der Waals surface area contributed by atoms with Gasteiger partial charge in [-0.1, -0.05) is 25.6 Å². The second kappa shape index (κ2) is 6.10. The minimum atomic E-state index is 0.389. The van der Waals surface area contributed by atoms with Gasteiger partial charge in [-0.25, -0.2) is 0 Å². The molecule has 3 unspecified atom stereocenters. The second-order valence-corrected chi connectivity index (χ2v) is 6.85. The number of hydrogen-bond donors (Lipinski definition) is 1. The van der Waals surface area contributed by atoms with Crippen molar-refractivity contribution in [2.24, 2.45) is 10.9 Å². The summed E-state index contributed by atoms with van der Waals surface area (Å²) in [7, 11) is 0. The van der Waals surface area contributed by atoms with Crippen molar-refractivity contribution in [1.29, 1.82) is 0 Å². The van der Waals surface area contributed by atoms with Crippen molar-refractivity contribution < 1.29 is 4.74 Å². The third kappa shape index (κ3) is 4.18. The maximum Gasteiger partial charge on any atom is 0.157 e. The zero-order valence-corrected chi connectivity index (χ0v) is 11.9. The first-order chi connectivity index (χ1) is 8.13. The average Bonchev–Trinajstić information content (AvgIpc) is 2.64. The Labute approximate surface area is 109 Å². The molecule has 0 bridgehead atoms. The number of nitrogens with one attached hydrogen (secondary N) is 1. The highest BCUT2D eigenvalue weighted by molar-refractivity contribution is 8.14. The molecule has 2 heterocycles. The fraction of sp³-hybridized carbons (Fsp3) is 0.923. The van der Waals surface area contributed by atoms with Crippen LogP contribution in [0.15, 0.2) is 4.99 Å². The maximum atomic E-state index is 5.56. The molecule has 3 atom stereocenters. The van der Waals surface area contributed by atoms with Crippen LogP contribution in [0.4, 0.5) is 0 Å². The number of aliphatic imine (C=N–C) groups is 1. The normalized spacial score (nSPS) is 33.9. The van der Waals surface area contributed by atoms with E-state index in [1.54, 1.807) is 0 Å². The number of hydrogen-bond acceptors (Lipinski definition) is 4. The quantitative estimate of drug-likeness (QED) is 0.843. The van der Waals surface area contributed by atoms with Crippen LogP contribution in [0.5, 0.6) is 0 Å². The monoisotopic (exact) mass is 256 g/mol. The van der Waals surface area contributed by atoms with Gasteiger partial charge in [-0.2, -0.15) is 0 Å². The SMILES string of the molecule is CC(C)CC1CN=C(NC2CCOC(C)C2)S1. The molecule has 0 aromatic carbocycles. The van der Waals surface area contributed by atoms with Crippen molar-refractivity contribution >= 4 is 16.9 Å². The van der Waals surface area contributed by atoms with Gasteiger partial charge in [0.2, 0.25) is 0 Å². The first-order valence-electron chi connectivity index (χ1n) is 6.72. The molecule has 4 heteroatoms. The van der Waals surface area contributed by atoms with Crippen LogP contribution in [0.1, 0.15) is 40.0 Å². The molecule has 2 rings (SSSR count). The lowest BCUT2D eigenvalue weighted by molar-refractivity contribution is 0.0168. The van der Waals surface area contributed by atoms with Crippen molar-refractivity contribution in [3.63, 3.8) is 0 Å². The van der Waals surface area contributed by atoms with Crippen molar-refractivity contribution in [2.45, 2.75) is 57.4 Å². The molecule has 0 aliphatic carbocycles. The fourth-order valence-electron chi connectivity index (χ4n) is 2.45. The van der Waals surface area contributed by atoms with E-state index >= 15 is 0 Å². The molecule has 1 saturated heterocycles. The van der Waals surface area contributed by atoms with Gasteiger partial charge in [-0.3, -0.25) is 4.99 Å². The first kappa shape index (κ1) is 13.2. The number of nitrogens with zero attached hydrogens (tertiary/aromatic N) is 1. The van der Waals surface area contributed by atoms with Crippen LogP contribution in [-0.4, -0.2) is 35.7 Å². The Kier molecular flexibility index (Phi) is 4.74. The van der Waals surface area contributed by atoms with Crippen molar-refractivity contribution in [3.05, 3.63) is 0 Å². The van der Waals surface area contributed by atoms with Gasteiger partial charge in [0.15, 0.2) is 5.17 Å². The molecule has 98 valence electrons. The second-order valence-electron chi connectivity index (χ2n) is 5.56. The average molecular weight is 256 g/mol. The van der Waals surface area contributed by atoms with E-state index in [1.165, 1.54) is 6.42 Å². The van der Waals surface area contributed by atoms with Gasteiger partial charge >= 0.3 is 0 Å². The van der Waals surface area contributed by atoms with Crippen molar-refractivity contribution in [1.82, 2.24) is 5.32 Å². The van der Waals surface area contributed by atoms with E-state index in [0.29, 0.717) is 17.4 Å². The van der Waals surface area contributed by atoms with Gasteiger partial charge < -0.3 is 10.1 Å². The van der Waals surface area contributed by atoms with E-state index in [9.17, 15) is 0 Å². The maximum absolute atomic E-state index is 5.56. The Morgan fingerprint density at radius 2 is 2.35 bits per heavy atom. The number of ether oxygens (including phenoxy) is 1. The molecule has 17 heavy (non-hydrogen) atoms. The highest BCUT2D eigenvalue weighted by Crippen LogP contribution is 2.26. The summed E-state index contributed by atoms with van der Waals surface area (Å²) < 4.78 is 5.56.